The second-order valence-corrected chi connectivity index (χ2v) is 6.75. The fraction of sp³-hybridized carbons (Fsp3) is 0.545. The predicted molar refractivity (Wildman–Crippen MR) is 71.5 cm³/mol. The van der Waals surface area contributed by atoms with Gasteiger partial charge >= 0.3 is 11.7 Å². The minimum absolute atomic E-state index is 0.160. The Bertz CT molecular complexity index is 815. The SMILES string of the molecule is Cn1cc(S(=O)(=O)NC2(C(=O)O)CCC2)c(=O)n(C)c1=O. The van der Waals surface area contributed by atoms with Gasteiger partial charge < -0.3 is 9.67 Å². The van der Waals surface area contributed by atoms with Crippen LogP contribution in [0.1, 0.15) is 19.3 Å². The summed E-state index contributed by atoms with van der Waals surface area (Å²) in [7, 11) is -1.88. The highest BCUT2D eigenvalue weighted by Crippen LogP contribution is 2.33. The Morgan fingerprint density at radius 1 is 1.33 bits per heavy atom. The van der Waals surface area contributed by atoms with Gasteiger partial charge in [0.15, 0.2) is 4.90 Å². The monoisotopic (exact) mass is 317 g/mol. The van der Waals surface area contributed by atoms with Crippen LogP contribution in [-0.4, -0.2) is 34.2 Å². The first-order valence-corrected chi connectivity index (χ1v) is 7.63. The van der Waals surface area contributed by atoms with Crippen LogP contribution in [0, 0.1) is 0 Å². The largest absolute Gasteiger partial charge is 0.480 e. The Morgan fingerprint density at radius 3 is 2.33 bits per heavy atom. The number of nitrogens with one attached hydrogen (secondary N) is 1. The number of aliphatic carboxylic acids is 1. The molecule has 0 amide bonds. The molecule has 1 aliphatic carbocycles. The van der Waals surface area contributed by atoms with E-state index in [1.54, 1.807) is 0 Å². The minimum Gasteiger partial charge on any atom is -0.480 e. The maximum absolute atomic E-state index is 12.3. The molecule has 0 spiro atoms. The van der Waals surface area contributed by atoms with Gasteiger partial charge in [0.05, 0.1) is 0 Å². The molecule has 0 atom stereocenters. The molecule has 0 unspecified atom stereocenters. The summed E-state index contributed by atoms with van der Waals surface area (Å²) in [6, 6.07) is 0. The smallest absolute Gasteiger partial charge is 0.330 e. The number of hydrogen-bond acceptors (Lipinski definition) is 5. The molecule has 0 aliphatic heterocycles. The molecule has 0 bridgehead atoms. The molecule has 2 rings (SSSR count). The van der Waals surface area contributed by atoms with Gasteiger partial charge in [-0.05, 0) is 19.3 Å². The molecule has 0 saturated heterocycles. The van der Waals surface area contributed by atoms with Gasteiger partial charge in [-0.3, -0.25) is 14.2 Å². The molecular weight excluding hydrogens is 302 g/mol. The van der Waals surface area contributed by atoms with Crippen LogP contribution >= 0.6 is 0 Å². The summed E-state index contributed by atoms with van der Waals surface area (Å²) in [5.74, 6) is -1.28. The highest BCUT2D eigenvalue weighted by Gasteiger charge is 2.48. The average Bonchev–Trinajstić information content (AvgIpc) is 2.35. The van der Waals surface area contributed by atoms with Crippen molar-refractivity contribution in [3.05, 3.63) is 27.0 Å². The summed E-state index contributed by atoms with van der Waals surface area (Å²) in [5.41, 5.74) is -3.24. The Hall–Kier alpha value is -1.94. The van der Waals surface area contributed by atoms with Crippen LogP contribution in [0.15, 0.2) is 20.7 Å². The van der Waals surface area contributed by atoms with Crippen molar-refractivity contribution in [3.63, 3.8) is 0 Å². The molecule has 116 valence electrons. The van der Waals surface area contributed by atoms with Crippen molar-refractivity contribution in [3.8, 4) is 0 Å². The van der Waals surface area contributed by atoms with Crippen LogP contribution in [-0.2, 0) is 28.9 Å². The van der Waals surface area contributed by atoms with Crippen LogP contribution in [0.25, 0.3) is 0 Å². The van der Waals surface area contributed by atoms with E-state index in [0.29, 0.717) is 11.0 Å². The second-order valence-electron chi connectivity index (χ2n) is 5.10. The van der Waals surface area contributed by atoms with Gasteiger partial charge in [-0.15, -0.1) is 0 Å². The maximum Gasteiger partial charge on any atom is 0.330 e. The van der Waals surface area contributed by atoms with Gasteiger partial charge in [0.25, 0.3) is 5.56 Å². The second kappa shape index (κ2) is 4.81. The summed E-state index contributed by atoms with van der Waals surface area (Å²) >= 11 is 0. The molecule has 1 saturated carbocycles. The number of sulfonamides is 1. The Balaban J connectivity index is 2.54. The van der Waals surface area contributed by atoms with Gasteiger partial charge in [-0.2, -0.15) is 4.72 Å². The molecule has 1 fully saturated rings. The first kappa shape index (κ1) is 15.4. The van der Waals surface area contributed by atoms with E-state index in [9.17, 15) is 22.8 Å². The molecule has 1 aromatic heterocycles. The first-order valence-electron chi connectivity index (χ1n) is 6.15. The summed E-state index contributed by atoms with van der Waals surface area (Å²) in [4.78, 5) is 34.0. The van der Waals surface area contributed by atoms with Crippen LogP contribution in [0.5, 0.6) is 0 Å². The van der Waals surface area contributed by atoms with E-state index >= 15 is 0 Å². The van der Waals surface area contributed by atoms with Gasteiger partial charge in [0.1, 0.15) is 5.54 Å². The van der Waals surface area contributed by atoms with Crippen LogP contribution in [0.3, 0.4) is 0 Å². The van der Waals surface area contributed by atoms with Crippen molar-refractivity contribution in [2.45, 2.75) is 29.7 Å². The fourth-order valence-corrected chi connectivity index (χ4v) is 3.74. The zero-order valence-corrected chi connectivity index (χ0v) is 12.3. The zero-order chi connectivity index (χ0) is 16.0. The lowest BCUT2D eigenvalue weighted by atomic mass is 9.78. The van der Waals surface area contributed by atoms with Gasteiger partial charge in [0.2, 0.25) is 10.0 Å². The molecule has 21 heavy (non-hydrogen) atoms. The van der Waals surface area contributed by atoms with E-state index in [4.69, 9.17) is 5.11 Å². The molecule has 0 aromatic carbocycles. The van der Waals surface area contributed by atoms with Crippen molar-refractivity contribution in [1.29, 1.82) is 0 Å². The Kier molecular flexibility index (Phi) is 3.54. The van der Waals surface area contributed by atoms with Gasteiger partial charge in [-0.1, -0.05) is 0 Å². The Labute approximate surface area is 119 Å². The number of hydrogen-bond donors (Lipinski definition) is 2. The number of nitrogens with zero attached hydrogens (tertiary/aromatic N) is 2. The van der Waals surface area contributed by atoms with Crippen molar-refractivity contribution < 1.29 is 18.3 Å². The summed E-state index contributed by atoms with van der Waals surface area (Å²) < 4.78 is 28.2. The topological polar surface area (TPSA) is 127 Å². The molecule has 1 heterocycles. The fourth-order valence-electron chi connectivity index (χ4n) is 2.16. The normalized spacial score (nSPS) is 17.2. The van der Waals surface area contributed by atoms with E-state index in [-0.39, 0.29) is 12.8 Å². The summed E-state index contributed by atoms with van der Waals surface area (Å²) in [5, 5.41) is 9.15. The van der Waals surface area contributed by atoms with Gasteiger partial charge in [0, 0.05) is 20.3 Å². The van der Waals surface area contributed by atoms with E-state index < -0.39 is 37.7 Å². The third-order valence-electron chi connectivity index (χ3n) is 3.65. The lowest BCUT2D eigenvalue weighted by Crippen LogP contribution is -2.59. The number of aromatic nitrogens is 2. The van der Waals surface area contributed by atoms with Crippen LogP contribution in [0.2, 0.25) is 0 Å². The van der Waals surface area contributed by atoms with Crippen molar-refractivity contribution in [2.24, 2.45) is 14.1 Å². The molecule has 10 heteroatoms. The van der Waals surface area contributed by atoms with Crippen LogP contribution in [0.4, 0.5) is 0 Å². The Morgan fingerprint density at radius 2 is 1.90 bits per heavy atom. The molecule has 9 nitrogen and oxygen atoms in total. The van der Waals surface area contributed by atoms with E-state index in [0.717, 1.165) is 17.8 Å². The standard InChI is InChI=1S/C11H15N3O6S/c1-13-6-7(8(15)14(2)10(13)18)21(19,20)12-11(9(16)17)4-3-5-11/h6,12H,3-5H2,1-2H3,(H,16,17). The van der Waals surface area contributed by atoms with Crippen LogP contribution < -0.4 is 16.0 Å². The lowest BCUT2D eigenvalue weighted by Gasteiger charge is -2.37. The van der Waals surface area contributed by atoms with Crippen molar-refractivity contribution in [1.82, 2.24) is 13.9 Å². The predicted octanol–water partition coefficient (Wildman–Crippen LogP) is -1.63. The molecule has 2 N–H and O–H groups in total. The minimum atomic E-state index is -4.34. The summed E-state index contributed by atoms with van der Waals surface area (Å²) in [6.45, 7) is 0. The van der Waals surface area contributed by atoms with Gasteiger partial charge in [-0.25, -0.2) is 13.2 Å². The number of aryl methyl sites for hydroxylation is 1. The number of carbonyl (C=O) groups is 1. The number of rotatable bonds is 4. The molecule has 1 aliphatic rings. The zero-order valence-electron chi connectivity index (χ0n) is 11.5. The summed E-state index contributed by atoms with van der Waals surface area (Å²) in [6.07, 6.45) is 1.79. The highest BCUT2D eigenvalue weighted by atomic mass is 32.2. The quantitative estimate of drug-likeness (QED) is 0.686. The van der Waals surface area contributed by atoms with E-state index in [2.05, 4.69) is 4.72 Å². The average molecular weight is 317 g/mol. The third kappa shape index (κ3) is 2.40. The lowest BCUT2D eigenvalue weighted by molar-refractivity contribution is -0.147. The highest BCUT2D eigenvalue weighted by molar-refractivity contribution is 7.89. The number of carboxylic acids is 1. The maximum atomic E-state index is 12.3. The molecular formula is C11H15N3O6S. The first-order chi connectivity index (χ1) is 9.61. The molecule has 0 radical (unpaired) electrons. The van der Waals surface area contributed by atoms with Crippen molar-refractivity contribution >= 4 is 16.0 Å². The number of carboxylic acid groups (broad SMARTS) is 1. The van der Waals surface area contributed by atoms with E-state index in [1.807, 2.05) is 0 Å². The van der Waals surface area contributed by atoms with Crippen molar-refractivity contribution in [2.75, 3.05) is 0 Å². The van der Waals surface area contributed by atoms with E-state index in [1.165, 1.54) is 7.05 Å². The third-order valence-corrected chi connectivity index (χ3v) is 5.17. The molecule has 1 aromatic rings.